The average molecular weight is 396 g/mol. The molecule has 1 saturated heterocycles. The van der Waals surface area contributed by atoms with E-state index in [1.807, 2.05) is 0 Å². The van der Waals surface area contributed by atoms with Crippen molar-refractivity contribution >= 4 is 38.5 Å². The molecule has 1 amide bonds. The molecule has 0 atom stereocenters. The minimum absolute atomic E-state index is 0.0494. The summed E-state index contributed by atoms with van der Waals surface area (Å²) >= 11 is 0. The number of unbranched alkanes of at least 4 members (excludes halogenated alkanes) is 1. The Labute approximate surface area is 154 Å². The van der Waals surface area contributed by atoms with E-state index in [1.165, 1.54) is 12.1 Å². The number of aromatic hydroxyl groups is 1. The van der Waals surface area contributed by atoms with Crippen LogP contribution in [0, 0.1) is 5.82 Å². The zero-order valence-corrected chi connectivity index (χ0v) is 14.9. The summed E-state index contributed by atoms with van der Waals surface area (Å²) in [6.07, 6.45) is 1.66. The van der Waals surface area contributed by atoms with Crippen molar-refractivity contribution in [1.29, 1.82) is 0 Å². The molecule has 0 aromatic heterocycles. The molecule has 2 aromatic carbocycles. The van der Waals surface area contributed by atoms with E-state index in [0.29, 0.717) is 29.0 Å². The molecule has 0 spiro atoms. The van der Waals surface area contributed by atoms with Crippen LogP contribution in [0.5, 0.6) is 5.75 Å². The minimum Gasteiger partial charge on any atom is -0.506 e. The fourth-order valence-corrected chi connectivity index (χ4v) is 4.18. The standard InChI is InChI=1S/C17H17FN2O6S/c18-16-12-7-10(3-1-2-4-15(23)24)5-6-11(12)8-13(21)17(16)20-9-14(22)19-27(20,25)26/h5-8,21H,1-4,9H2,(H,19,22)(H,23,24). The van der Waals surface area contributed by atoms with Gasteiger partial charge in [0.15, 0.2) is 5.82 Å². The quantitative estimate of drug-likeness (QED) is 0.638. The van der Waals surface area contributed by atoms with Crippen LogP contribution in [0.25, 0.3) is 10.8 Å². The SMILES string of the molecule is O=C(O)CCCCc1ccc2cc(O)c(N3CC(=O)NS3(=O)=O)c(F)c2c1. The Morgan fingerprint density at radius 2 is 2.00 bits per heavy atom. The number of carboxylic acid groups (broad SMARTS) is 1. The molecule has 1 heterocycles. The van der Waals surface area contributed by atoms with E-state index in [1.54, 1.807) is 16.9 Å². The third-order valence-corrected chi connectivity index (χ3v) is 5.65. The van der Waals surface area contributed by atoms with Crippen LogP contribution in [0.15, 0.2) is 24.3 Å². The molecule has 1 aliphatic rings. The number of nitrogens with one attached hydrogen (secondary N) is 1. The van der Waals surface area contributed by atoms with Gasteiger partial charge in [-0.05, 0) is 42.3 Å². The molecule has 144 valence electrons. The Morgan fingerprint density at radius 3 is 2.63 bits per heavy atom. The molecule has 3 rings (SSSR count). The van der Waals surface area contributed by atoms with Crippen molar-refractivity contribution in [3.63, 3.8) is 0 Å². The largest absolute Gasteiger partial charge is 0.506 e. The number of hydrogen-bond acceptors (Lipinski definition) is 5. The van der Waals surface area contributed by atoms with Crippen LogP contribution in [0.3, 0.4) is 0 Å². The van der Waals surface area contributed by atoms with Gasteiger partial charge in [0.25, 0.3) is 5.91 Å². The second-order valence-electron chi connectivity index (χ2n) is 6.25. The lowest BCUT2D eigenvalue weighted by molar-refractivity contribution is -0.137. The molecule has 10 heteroatoms. The summed E-state index contributed by atoms with van der Waals surface area (Å²) in [6.45, 7) is -0.618. The summed E-state index contributed by atoms with van der Waals surface area (Å²) in [5.41, 5.74) is 0.172. The summed E-state index contributed by atoms with van der Waals surface area (Å²) in [6, 6.07) is 6.10. The highest BCUT2D eigenvalue weighted by Gasteiger charge is 2.37. The van der Waals surface area contributed by atoms with Crippen molar-refractivity contribution in [2.24, 2.45) is 0 Å². The summed E-state index contributed by atoms with van der Waals surface area (Å²) in [7, 11) is -4.26. The van der Waals surface area contributed by atoms with Crippen molar-refractivity contribution in [2.75, 3.05) is 10.8 Å². The van der Waals surface area contributed by atoms with Gasteiger partial charge in [-0.3, -0.25) is 9.59 Å². The van der Waals surface area contributed by atoms with Crippen LogP contribution in [0.4, 0.5) is 10.1 Å². The number of carbonyl (C=O) groups excluding carboxylic acids is 1. The summed E-state index contributed by atoms with van der Waals surface area (Å²) in [5, 5.41) is 19.3. The van der Waals surface area contributed by atoms with Crippen molar-refractivity contribution < 1.29 is 32.6 Å². The summed E-state index contributed by atoms with van der Waals surface area (Å²) in [4.78, 5) is 21.9. The van der Waals surface area contributed by atoms with E-state index >= 15 is 4.39 Å². The van der Waals surface area contributed by atoms with Crippen molar-refractivity contribution in [3.05, 3.63) is 35.6 Å². The topological polar surface area (TPSA) is 124 Å². The van der Waals surface area contributed by atoms with Gasteiger partial charge in [-0.1, -0.05) is 12.1 Å². The van der Waals surface area contributed by atoms with Gasteiger partial charge in [-0.2, -0.15) is 8.42 Å². The Bertz CT molecular complexity index is 1040. The highest BCUT2D eigenvalue weighted by atomic mass is 32.2. The second kappa shape index (κ2) is 7.03. The van der Waals surface area contributed by atoms with Crippen LogP contribution in [-0.4, -0.2) is 37.1 Å². The Kier molecular flexibility index (Phi) is 4.92. The van der Waals surface area contributed by atoms with E-state index in [4.69, 9.17) is 5.11 Å². The number of anilines is 1. The predicted octanol–water partition coefficient (Wildman–Crippen LogP) is 1.66. The molecule has 1 fully saturated rings. The molecule has 0 bridgehead atoms. The molecule has 27 heavy (non-hydrogen) atoms. The van der Waals surface area contributed by atoms with E-state index in [9.17, 15) is 23.1 Å². The monoisotopic (exact) mass is 396 g/mol. The third kappa shape index (κ3) is 3.80. The average Bonchev–Trinajstić information content (AvgIpc) is 2.84. The Balaban J connectivity index is 1.97. The smallest absolute Gasteiger partial charge is 0.326 e. The second-order valence-corrected chi connectivity index (χ2v) is 7.85. The fourth-order valence-electron chi connectivity index (χ4n) is 3.02. The number of aryl methyl sites for hydroxylation is 1. The molecule has 0 radical (unpaired) electrons. The zero-order chi connectivity index (χ0) is 19.8. The number of carbonyl (C=O) groups is 2. The van der Waals surface area contributed by atoms with Gasteiger partial charge in [-0.25, -0.2) is 13.4 Å². The van der Waals surface area contributed by atoms with Gasteiger partial charge < -0.3 is 10.2 Å². The van der Waals surface area contributed by atoms with Crippen molar-refractivity contribution in [3.8, 4) is 5.75 Å². The third-order valence-electron chi connectivity index (χ3n) is 4.27. The molecule has 3 N–H and O–H groups in total. The number of phenols is 1. The summed E-state index contributed by atoms with van der Waals surface area (Å²) in [5.74, 6) is -3.23. The first-order valence-electron chi connectivity index (χ1n) is 8.18. The number of amides is 1. The highest BCUT2D eigenvalue weighted by Crippen LogP contribution is 2.38. The zero-order valence-electron chi connectivity index (χ0n) is 14.1. The fraction of sp³-hybridized carbons (Fsp3) is 0.294. The van der Waals surface area contributed by atoms with Gasteiger partial charge in [0.2, 0.25) is 0 Å². The maximum Gasteiger partial charge on any atom is 0.326 e. The number of aliphatic carboxylic acids is 1. The number of fused-ring (bicyclic) bond motifs is 1. The first-order chi connectivity index (χ1) is 12.7. The minimum atomic E-state index is -4.26. The molecule has 2 aromatic rings. The maximum atomic E-state index is 15.0. The van der Waals surface area contributed by atoms with Crippen LogP contribution < -0.4 is 9.03 Å². The lowest BCUT2D eigenvalue weighted by atomic mass is 10.0. The number of halogens is 1. The molecule has 1 aliphatic heterocycles. The lowest BCUT2D eigenvalue weighted by Gasteiger charge is -2.18. The van der Waals surface area contributed by atoms with Gasteiger partial charge in [0.05, 0.1) is 0 Å². The van der Waals surface area contributed by atoms with Crippen molar-refractivity contribution in [2.45, 2.75) is 25.7 Å². The number of hydrogen-bond donors (Lipinski definition) is 3. The Hall–Kier alpha value is -2.88. The predicted molar refractivity (Wildman–Crippen MR) is 95.2 cm³/mol. The van der Waals surface area contributed by atoms with Gasteiger partial charge in [-0.15, -0.1) is 0 Å². The molecular formula is C17H17FN2O6S. The highest BCUT2D eigenvalue weighted by molar-refractivity contribution is 7.92. The molecule has 0 aliphatic carbocycles. The summed E-state index contributed by atoms with van der Waals surface area (Å²) < 4.78 is 41.2. The van der Waals surface area contributed by atoms with E-state index in [2.05, 4.69) is 0 Å². The molecule has 8 nitrogen and oxygen atoms in total. The van der Waals surface area contributed by atoms with Gasteiger partial charge in [0.1, 0.15) is 18.0 Å². The number of benzene rings is 2. The first-order valence-corrected chi connectivity index (χ1v) is 9.62. The van der Waals surface area contributed by atoms with Crippen LogP contribution in [0.2, 0.25) is 0 Å². The van der Waals surface area contributed by atoms with Crippen molar-refractivity contribution in [1.82, 2.24) is 4.72 Å². The van der Waals surface area contributed by atoms with E-state index < -0.39 is 45.9 Å². The molecular weight excluding hydrogens is 379 g/mol. The van der Waals surface area contributed by atoms with Gasteiger partial charge in [0, 0.05) is 11.8 Å². The van der Waals surface area contributed by atoms with Gasteiger partial charge >= 0.3 is 16.2 Å². The number of carboxylic acids is 1. The van der Waals surface area contributed by atoms with Crippen LogP contribution >= 0.6 is 0 Å². The number of rotatable bonds is 6. The van der Waals surface area contributed by atoms with Crippen LogP contribution in [-0.2, 0) is 26.2 Å². The van der Waals surface area contributed by atoms with Crippen LogP contribution in [0.1, 0.15) is 24.8 Å². The number of phenolic OH excluding ortho intramolecular Hbond substituents is 1. The molecule has 0 saturated carbocycles. The first kappa shape index (κ1) is 18.9. The maximum absolute atomic E-state index is 15.0. The molecule has 0 unspecified atom stereocenters. The Morgan fingerprint density at radius 1 is 1.26 bits per heavy atom. The number of nitrogens with zero attached hydrogens (tertiary/aromatic N) is 1. The van der Waals surface area contributed by atoms with E-state index in [0.717, 1.165) is 5.56 Å². The lowest BCUT2D eigenvalue weighted by Crippen LogP contribution is -2.30. The normalized spacial score (nSPS) is 15.9. The van der Waals surface area contributed by atoms with E-state index in [-0.39, 0.29) is 11.8 Å².